The molecule has 28 heavy (non-hydrogen) atoms. The summed E-state index contributed by atoms with van der Waals surface area (Å²) in [6, 6.07) is 0. The Morgan fingerprint density at radius 3 is 2.32 bits per heavy atom. The van der Waals surface area contributed by atoms with E-state index < -0.39 is 40.9 Å². The molecule has 0 spiro atoms. The number of aromatic carboxylic acids is 1. The normalized spacial score (nSPS) is 13.2. The first-order valence-electron chi connectivity index (χ1n) is 8.23. The van der Waals surface area contributed by atoms with Crippen molar-refractivity contribution in [1.29, 1.82) is 0 Å². The molecule has 1 aliphatic rings. The van der Waals surface area contributed by atoms with Crippen molar-refractivity contribution in [1.82, 2.24) is 0 Å². The first-order valence-corrected chi connectivity index (χ1v) is 8.23. The van der Waals surface area contributed by atoms with Gasteiger partial charge in [0.2, 0.25) is 0 Å². The number of hydrogen-bond donors (Lipinski definition) is 2. The summed E-state index contributed by atoms with van der Waals surface area (Å²) in [5.74, 6) is -5.40. The summed E-state index contributed by atoms with van der Waals surface area (Å²) in [6.45, 7) is 2.57. The second-order valence-electron chi connectivity index (χ2n) is 6.31. The molecule has 0 saturated carbocycles. The molecule has 0 atom stereocenters. The van der Waals surface area contributed by atoms with E-state index in [1.807, 2.05) is 0 Å². The van der Waals surface area contributed by atoms with Crippen LogP contribution < -0.4 is 0 Å². The highest BCUT2D eigenvalue weighted by Crippen LogP contribution is 2.39. The van der Waals surface area contributed by atoms with Crippen molar-refractivity contribution in [3.8, 4) is 0 Å². The molecule has 2 N–H and O–H groups in total. The Balaban J connectivity index is 2.72. The van der Waals surface area contributed by atoms with Crippen LogP contribution in [0.1, 0.15) is 62.7 Å². The highest BCUT2D eigenvalue weighted by atomic mass is 19.3. The summed E-state index contributed by atoms with van der Waals surface area (Å²) in [4.78, 5) is 34.5. The van der Waals surface area contributed by atoms with Crippen LogP contribution in [0.15, 0.2) is 17.7 Å². The van der Waals surface area contributed by atoms with Crippen molar-refractivity contribution in [3.05, 3.63) is 51.1 Å². The number of fused-ring (bicyclic) bond motifs is 1. The number of carboxylic acid groups (broad SMARTS) is 2. The number of cyclic esters (lactones) is 1. The monoisotopic (exact) mass is 398 g/mol. The van der Waals surface area contributed by atoms with Gasteiger partial charge in [-0.2, -0.15) is 8.78 Å². The number of halogens is 3. The summed E-state index contributed by atoms with van der Waals surface area (Å²) in [7, 11) is 0. The van der Waals surface area contributed by atoms with Crippen LogP contribution in [0.4, 0.5) is 13.2 Å². The number of aliphatic carboxylic acids is 1. The Morgan fingerprint density at radius 2 is 1.79 bits per heavy atom. The van der Waals surface area contributed by atoms with Gasteiger partial charge in [-0.25, -0.2) is 14.0 Å². The van der Waals surface area contributed by atoms with Gasteiger partial charge in [0.05, 0.1) is 11.1 Å². The molecule has 0 saturated heterocycles. The lowest BCUT2D eigenvalue weighted by molar-refractivity contribution is -0.136. The molecule has 1 heterocycles. The van der Waals surface area contributed by atoms with Gasteiger partial charge >= 0.3 is 24.0 Å². The van der Waals surface area contributed by atoms with E-state index in [-0.39, 0.29) is 48.1 Å². The summed E-state index contributed by atoms with van der Waals surface area (Å²) < 4.78 is 45.2. The van der Waals surface area contributed by atoms with Crippen molar-refractivity contribution < 1.29 is 42.5 Å². The maximum atomic E-state index is 14.3. The maximum absolute atomic E-state index is 14.3. The highest BCUT2D eigenvalue weighted by molar-refractivity contribution is 6.07. The largest absolute Gasteiger partial charge is 0.481 e. The van der Waals surface area contributed by atoms with Gasteiger partial charge in [-0.15, -0.1) is 0 Å². The lowest BCUT2D eigenvalue weighted by Gasteiger charge is -2.17. The molecule has 1 aliphatic heterocycles. The number of carbonyl (C=O) groups excluding carboxylic acids is 1. The Hall–Kier alpha value is -3.10. The SMILES string of the molecule is CC(=CCc1c(C(F)=C(F)F)c(C)c2c(c1C(=O)O)C(=O)OC2)CCC(=O)O. The van der Waals surface area contributed by atoms with Gasteiger partial charge in [-0.1, -0.05) is 11.6 Å². The number of allylic oxidation sites excluding steroid dienone is 2. The van der Waals surface area contributed by atoms with Gasteiger partial charge < -0.3 is 14.9 Å². The molecule has 0 aromatic heterocycles. The zero-order valence-electron chi connectivity index (χ0n) is 15.1. The summed E-state index contributed by atoms with van der Waals surface area (Å²) >= 11 is 0. The maximum Gasteiger partial charge on any atom is 0.339 e. The summed E-state index contributed by atoms with van der Waals surface area (Å²) in [6.07, 6.45) is -1.48. The van der Waals surface area contributed by atoms with Crippen LogP contribution in [0.2, 0.25) is 0 Å². The average Bonchev–Trinajstić information content (AvgIpc) is 2.99. The number of hydrogen-bond acceptors (Lipinski definition) is 4. The van der Waals surface area contributed by atoms with Gasteiger partial charge in [0.15, 0.2) is 5.83 Å². The molecule has 150 valence electrons. The van der Waals surface area contributed by atoms with Gasteiger partial charge in [-0.3, -0.25) is 4.79 Å². The molecule has 0 amide bonds. The van der Waals surface area contributed by atoms with Crippen LogP contribution in [0.25, 0.3) is 5.83 Å². The molecule has 9 heteroatoms. The van der Waals surface area contributed by atoms with Crippen molar-refractivity contribution in [3.63, 3.8) is 0 Å². The van der Waals surface area contributed by atoms with E-state index in [9.17, 15) is 32.7 Å². The zero-order chi connectivity index (χ0) is 21.2. The number of rotatable bonds is 7. The lowest BCUT2D eigenvalue weighted by atomic mass is 9.85. The molecule has 1 aromatic rings. The van der Waals surface area contributed by atoms with Crippen LogP contribution in [0.5, 0.6) is 0 Å². The van der Waals surface area contributed by atoms with E-state index in [1.54, 1.807) is 6.92 Å². The third-order valence-electron chi connectivity index (χ3n) is 4.52. The van der Waals surface area contributed by atoms with Crippen molar-refractivity contribution in [2.75, 3.05) is 0 Å². The molecule has 0 unspecified atom stereocenters. The summed E-state index contributed by atoms with van der Waals surface area (Å²) in [5, 5.41) is 18.3. The fourth-order valence-corrected chi connectivity index (χ4v) is 3.12. The Bertz CT molecular complexity index is 926. The fraction of sp³-hybridized carbons (Fsp3) is 0.316. The quantitative estimate of drug-likeness (QED) is 0.526. The molecule has 2 rings (SSSR count). The topological polar surface area (TPSA) is 101 Å². The minimum atomic E-state index is -2.61. The number of ether oxygens (including phenoxy) is 1. The minimum Gasteiger partial charge on any atom is -0.481 e. The Labute approximate surface area is 157 Å². The fourth-order valence-electron chi connectivity index (χ4n) is 3.12. The van der Waals surface area contributed by atoms with E-state index in [2.05, 4.69) is 0 Å². The molecule has 1 aromatic carbocycles. The number of benzene rings is 1. The molecule has 0 bridgehead atoms. The van der Waals surface area contributed by atoms with Gasteiger partial charge in [-0.05, 0) is 37.8 Å². The Kier molecular flexibility index (Phi) is 6.27. The smallest absolute Gasteiger partial charge is 0.339 e. The first kappa shape index (κ1) is 21.2. The second kappa shape index (κ2) is 8.28. The highest BCUT2D eigenvalue weighted by Gasteiger charge is 2.35. The lowest BCUT2D eigenvalue weighted by Crippen LogP contribution is -2.14. The molecular formula is C19H17F3O6. The number of carbonyl (C=O) groups is 3. The van der Waals surface area contributed by atoms with E-state index in [0.717, 1.165) is 0 Å². The predicted molar refractivity (Wildman–Crippen MR) is 91.8 cm³/mol. The third kappa shape index (κ3) is 4.08. The first-order chi connectivity index (χ1) is 13.1. The van der Waals surface area contributed by atoms with E-state index in [4.69, 9.17) is 9.84 Å². The zero-order valence-corrected chi connectivity index (χ0v) is 15.1. The molecule has 0 fully saturated rings. The molecule has 0 aliphatic carbocycles. The average molecular weight is 398 g/mol. The van der Waals surface area contributed by atoms with Crippen molar-refractivity contribution in [2.45, 2.75) is 39.7 Å². The van der Waals surface area contributed by atoms with E-state index in [1.165, 1.54) is 13.0 Å². The standard InChI is InChI=1S/C19H17F3O6/c1-8(4-6-12(23)24)3-5-10-13(16(20)17(21)22)9(2)11-7-28-19(27)15(11)14(10)18(25)26/h3H,4-7H2,1-2H3,(H,23,24)(H,25,26). The van der Waals surface area contributed by atoms with E-state index >= 15 is 0 Å². The van der Waals surface area contributed by atoms with Crippen LogP contribution >= 0.6 is 0 Å². The second-order valence-corrected chi connectivity index (χ2v) is 6.31. The Morgan fingerprint density at radius 1 is 1.14 bits per heavy atom. The molecule has 0 radical (unpaired) electrons. The van der Waals surface area contributed by atoms with Gasteiger partial charge in [0.1, 0.15) is 6.61 Å². The van der Waals surface area contributed by atoms with Gasteiger partial charge in [0.25, 0.3) is 0 Å². The van der Waals surface area contributed by atoms with Crippen LogP contribution in [-0.2, 0) is 22.6 Å². The molecular weight excluding hydrogens is 381 g/mol. The van der Waals surface area contributed by atoms with E-state index in [0.29, 0.717) is 5.57 Å². The molecule has 6 nitrogen and oxygen atoms in total. The van der Waals surface area contributed by atoms with Gasteiger partial charge in [0, 0.05) is 17.5 Å². The van der Waals surface area contributed by atoms with Crippen molar-refractivity contribution >= 4 is 23.7 Å². The number of carboxylic acids is 2. The van der Waals surface area contributed by atoms with Crippen molar-refractivity contribution in [2.24, 2.45) is 0 Å². The minimum absolute atomic E-state index is 0.00254. The third-order valence-corrected chi connectivity index (χ3v) is 4.52. The predicted octanol–water partition coefficient (Wildman–Crippen LogP) is 4.25. The van der Waals surface area contributed by atoms with Crippen LogP contribution in [-0.4, -0.2) is 28.1 Å². The van der Waals surface area contributed by atoms with Crippen LogP contribution in [0, 0.1) is 6.92 Å². The van der Waals surface area contributed by atoms with Crippen LogP contribution in [0.3, 0.4) is 0 Å². The number of esters is 1. The summed E-state index contributed by atoms with van der Waals surface area (Å²) in [5.41, 5.74) is -1.12.